The number of thioether (sulfide) groups is 1. The molecule has 0 unspecified atom stereocenters. The first-order valence-electron chi connectivity index (χ1n) is 6.36. The molecule has 0 amide bonds. The lowest BCUT2D eigenvalue weighted by Crippen LogP contribution is -1.95. The van der Waals surface area contributed by atoms with Crippen LogP contribution in [-0.2, 0) is 5.75 Å². The molecule has 112 valence electrons. The number of nitrogens with zero attached hydrogens (tertiary/aromatic N) is 2. The first-order chi connectivity index (χ1) is 10.6. The molecule has 0 aliphatic carbocycles. The summed E-state index contributed by atoms with van der Waals surface area (Å²) >= 11 is 20.8. The van der Waals surface area contributed by atoms with Gasteiger partial charge in [-0.15, -0.1) is 5.10 Å². The predicted molar refractivity (Wildman–Crippen MR) is 98.3 cm³/mol. The molecule has 1 aromatic heterocycles. The summed E-state index contributed by atoms with van der Waals surface area (Å²) in [6, 6.07) is 15.4. The van der Waals surface area contributed by atoms with Crippen molar-refractivity contribution in [3.05, 3.63) is 68.1 Å². The van der Waals surface area contributed by atoms with Crippen LogP contribution in [0.5, 0.6) is 0 Å². The molecule has 3 aromatic rings. The monoisotopic (exact) mass is 384 g/mol. The Bertz CT molecular complexity index is 823. The van der Waals surface area contributed by atoms with Gasteiger partial charge >= 0.3 is 0 Å². The summed E-state index contributed by atoms with van der Waals surface area (Å²) in [4.78, 5) is 0. The van der Waals surface area contributed by atoms with Gasteiger partial charge in [0.1, 0.15) is 0 Å². The van der Waals surface area contributed by atoms with Crippen LogP contribution in [-0.4, -0.2) is 9.78 Å². The van der Waals surface area contributed by atoms with Gasteiger partial charge in [-0.05, 0) is 42.0 Å². The largest absolute Gasteiger partial charge is 0.211 e. The molecule has 2 nitrogen and oxygen atoms in total. The van der Waals surface area contributed by atoms with Crippen molar-refractivity contribution in [2.75, 3.05) is 0 Å². The third-order valence-corrected chi connectivity index (χ3v) is 6.03. The number of para-hydroxylation sites is 1. The minimum absolute atomic E-state index is 0.662. The van der Waals surface area contributed by atoms with Crippen LogP contribution < -0.4 is 0 Å². The van der Waals surface area contributed by atoms with E-state index in [4.69, 9.17) is 35.4 Å². The average Bonchev–Trinajstić information content (AvgIpc) is 2.89. The number of halogens is 2. The Morgan fingerprint density at radius 3 is 2.41 bits per heavy atom. The molecular weight excluding hydrogens is 375 g/mol. The fourth-order valence-corrected chi connectivity index (χ4v) is 4.96. The highest BCUT2D eigenvalue weighted by Gasteiger charge is 2.10. The topological polar surface area (TPSA) is 17.8 Å². The van der Waals surface area contributed by atoms with E-state index in [1.165, 1.54) is 11.3 Å². The Hall–Kier alpha value is -0.850. The zero-order valence-corrected chi connectivity index (χ0v) is 15.2. The maximum atomic E-state index is 6.19. The Labute approximate surface area is 151 Å². The van der Waals surface area contributed by atoms with Crippen LogP contribution in [0.3, 0.4) is 0 Å². The molecule has 3 rings (SSSR count). The van der Waals surface area contributed by atoms with Crippen LogP contribution >= 0.6 is 58.5 Å². The molecule has 0 saturated heterocycles. The minimum Gasteiger partial charge on any atom is -0.211 e. The SMILES string of the molecule is S=c1sc(SCc2c(Cl)cccc2Cl)nn1-c1ccccc1. The van der Waals surface area contributed by atoms with Crippen molar-refractivity contribution in [1.29, 1.82) is 0 Å². The molecule has 0 atom stereocenters. The quantitative estimate of drug-likeness (QED) is 0.390. The lowest BCUT2D eigenvalue weighted by Gasteiger charge is -2.04. The van der Waals surface area contributed by atoms with Gasteiger partial charge in [-0.1, -0.05) is 70.6 Å². The lowest BCUT2D eigenvalue weighted by molar-refractivity contribution is 0.829. The molecule has 7 heteroatoms. The highest BCUT2D eigenvalue weighted by Crippen LogP contribution is 2.33. The summed E-state index contributed by atoms with van der Waals surface area (Å²) in [5, 5.41) is 5.91. The molecule has 0 fully saturated rings. The first kappa shape index (κ1) is 16.0. The minimum atomic E-state index is 0.662. The van der Waals surface area contributed by atoms with Gasteiger partial charge in [0, 0.05) is 15.8 Å². The summed E-state index contributed by atoms with van der Waals surface area (Å²) in [6.07, 6.45) is 0. The predicted octanol–water partition coefficient (Wildman–Crippen LogP) is 6.26. The van der Waals surface area contributed by atoms with Gasteiger partial charge in [-0.2, -0.15) is 0 Å². The van der Waals surface area contributed by atoms with Crippen molar-refractivity contribution in [1.82, 2.24) is 9.78 Å². The number of hydrogen-bond acceptors (Lipinski definition) is 4. The van der Waals surface area contributed by atoms with Gasteiger partial charge in [-0.25, -0.2) is 4.68 Å². The van der Waals surface area contributed by atoms with E-state index < -0.39 is 0 Å². The van der Waals surface area contributed by atoms with E-state index in [1.807, 2.05) is 48.5 Å². The molecule has 0 spiro atoms. The third kappa shape index (κ3) is 3.55. The van der Waals surface area contributed by atoms with E-state index in [0.717, 1.165) is 19.5 Å². The Balaban J connectivity index is 1.82. The Morgan fingerprint density at radius 1 is 1.05 bits per heavy atom. The summed E-state index contributed by atoms with van der Waals surface area (Å²) in [6.45, 7) is 0. The molecule has 0 aliphatic rings. The van der Waals surface area contributed by atoms with Gasteiger partial charge in [0.15, 0.2) is 8.29 Å². The normalized spacial score (nSPS) is 10.8. The summed E-state index contributed by atoms with van der Waals surface area (Å²) in [5.74, 6) is 0.662. The second kappa shape index (κ2) is 7.15. The van der Waals surface area contributed by atoms with Crippen LogP contribution in [0.1, 0.15) is 5.56 Å². The smallest absolute Gasteiger partial charge is 0.184 e. The summed E-state index contributed by atoms with van der Waals surface area (Å²) < 4.78 is 3.39. The Morgan fingerprint density at radius 2 is 1.73 bits per heavy atom. The molecular formula is C15H10Cl2N2S3. The standard InChI is InChI=1S/C15H10Cl2N2S3/c16-12-7-4-8-13(17)11(12)9-21-14-18-19(15(20)22-14)10-5-2-1-3-6-10/h1-8H,9H2. The maximum Gasteiger partial charge on any atom is 0.184 e. The zero-order chi connectivity index (χ0) is 15.5. The molecule has 22 heavy (non-hydrogen) atoms. The molecule has 2 aromatic carbocycles. The first-order valence-corrected chi connectivity index (χ1v) is 9.33. The van der Waals surface area contributed by atoms with Crippen molar-refractivity contribution in [2.45, 2.75) is 10.1 Å². The van der Waals surface area contributed by atoms with Gasteiger partial charge in [0.25, 0.3) is 0 Å². The maximum absolute atomic E-state index is 6.19. The molecule has 0 radical (unpaired) electrons. The van der Waals surface area contributed by atoms with E-state index in [1.54, 1.807) is 16.4 Å². The highest BCUT2D eigenvalue weighted by atomic mass is 35.5. The van der Waals surface area contributed by atoms with Crippen LogP contribution in [0.2, 0.25) is 10.0 Å². The van der Waals surface area contributed by atoms with Crippen LogP contribution in [0, 0.1) is 3.95 Å². The van der Waals surface area contributed by atoms with E-state index >= 15 is 0 Å². The van der Waals surface area contributed by atoms with Gasteiger partial charge in [0.2, 0.25) is 0 Å². The Kier molecular flexibility index (Phi) is 5.21. The van der Waals surface area contributed by atoms with Crippen molar-refractivity contribution < 1.29 is 0 Å². The van der Waals surface area contributed by atoms with Crippen molar-refractivity contribution in [3.63, 3.8) is 0 Å². The van der Waals surface area contributed by atoms with Crippen LogP contribution in [0.4, 0.5) is 0 Å². The number of rotatable bonds is 4. The molecule has 0 saturated carbocycles. The van der Waals surface area contributed by atoms with Gasteiger partial charge in [0.05, 0.1) is 5.69 Å². The van der Waals surface area contributed by atoms with Gasteiger partial charge in [-0.3, -0.25) is 0 Å². The van der Waals surface area contributed by atoms with E-state index in [-0.39, 0.29) is 0 Å². The van der Waals surface area contributed by atoms with Crippen molar-refractivity contribution in [2.24, 2.45) is 0 Å². The second-order valence-corrected chi connectivity index (χ2v) is 8.03. The number of aromatic nitrogens is 2. The highest BCUT2D eigenvalue weighted by molar-refractivity contribution is 8.00. The van der Waals surface area contributed by atoms with Crippen molar-refractivity contribution in [3.8, 4) is 5.69 Å². The zero-order valence-electron chi connectivity index (χ0n) is 11.2. The fraction of sp³-hybridized carbons (Fsp3) is 0.0667. The fourth-order valence-electron chi connectivity index (χ4n) is 1.86. The van der Waals surface area contributed by atoms with Gasteiger partial charge < -0.3 is 0 Å². The third-order valence-electron chi connectivity index (χ3n) is 2.93. The van der Waals surface area contributed by atoms with E-state index in [0.29, 0.717) is 15.8 Å². The molecule has 0 bridgehead atoms. The van der Waals surface area contributed by atoms with E-state index in [2.05, 4.69) is 5.10 Å². The number of benzene rings is 2. The second-order valence-electron chi connectivity index (χ2n) is 4.37. The molecule has 0 aliphatic heterocycles. The van der Waals surface area contributed by atoms with Crippen molar-refractivity contribution >= 4 is 58.5 Å². The van der Waals surface area contributed by atoms with E-state index in [9.17, 15) is 0 Å². The summed E-state index contributed by atoms with van der Waals surface area (Å²) in [7, 11) is 0. The molecule has 0 N–H and O–H groups in total. The summed E-state index contributed by atoms with van der Waals surface area (Å²) in [5.41, 5.74) is 1.88. The van der Waals surface area contributed by atoms with Crippen LogP contribution in [0.15, 0.2) is 52.9 Å². The lowest BCUT2D eigenvalue weighted by atomic mass is 10.2. The molecule has 1 heterocycles. The van der Waals surface area contributed by atoms with Crippen LogP contribution in [0.25, 0.3) is 5.69 Å². The average molecular weight is 385 g/mol. The number of hydrogen-bond donors (Lipinski definition) is 0.